The monoisotopic (exact) mass is 250 g/mol. The van der Waals surface area contributed by atoms with Crippen molar-refractivity contribution in [2.45, 2.75) is 20.0 Å². The molecule has 0 fully saturated rings. The van der Waals surface area contributed by atoms with Gasteiger partial charge in [0.2, 0.25) is 0 Å². The summed E-state index contributed by atoms with van der Waals surface area (Å²) in [6, 6.07) is 18.8. The van der Waals surface area contributed by atoms with Gasteiger partial charge in [-0.15, -0.1) is 0 Å². The van der Waals surface area contributed by atoms with Gasteiger partial charge in [-0.25, -0.2) is 0 Å². The second kappa shape index (κ2) is 4.67. The molecule has 0 saturated heterocycles. The Morgan fingerprint density at radius 2 is 1.26 bits per heavy atom. The average Bonchev–Trinajstić information content (AvgIpc) is 2.43. The summed E-state index contributed by atoms with van der Waals surface area (Å²) in [4.78, 5) is 0. The molecule has 0 radical (unpaired) electrons. The Morgan fingerprint density at radius 3 is 1.74 bits per heavy atom. The highest BCUT2D eigenvalue weighted by Crippen LogP contribution is 2.35. The van der Waals surface area contributed by atoms with E-state index in [-0.39, 0.29) is 5.92 Å². The topological polar surface area (TPSA) is 20.2 Å². The lowest BCUT2D eigenvalue weighted by Gasteiger charge is -2.20. The van der Waals surface area contributed by atoms with Crippen LogP contribution in [0.1, 0.15) is 25.5 Å². The molecule has 1 N–H and O–H groups in total. The van der Waals surface area contributed by atoms with E-state index in [0.29, 0.717) is 0 Å². The molecule has 0 aliphatic rings. The molecule has 0 aromatic heterocycles. The summed E-state index contributed by atoms with van der Waals surface area (Å²) in [5, 5.41) is 15.3. The van der Waals surface area contributed by atoms with E-state index in [1.807, 2.05) is 24.3 Å². The van der Waals surface area contributed by atoms with Crippen LogP contribution >= 0.6 is 0 Å². The number of hydrogen-bond acceptors (Lipinski definition) is 1. The van der Waals surface area contributed by atoms with Crippen LogP contribution in [-0.2, 0) is 0 Å². The van der Waals surface area contributed by atoms with Crippen molar-refractivity contribution in [1.82, 2.24) is 0 Å². The maximum atomic E-state index is 10.6. The fourth-order valence-corrected chi connectivity index (χ4v) is 2.70. The predicted octanol–water partition coefficient (Wildman–Crippen LogP) is 4.68. The van der Waals surface area contributed by atoms with Gasteiger partial charge >= 0.3 is 0 Å². The second-order valence-corrected chi connectivity index (χ2v) is 5.42. The average molecular weight is 250 g/mol. The lowest BCUT2D eigenvalue weighted by molar-refractivity contribution is 0.130. The van der Waals surface area contributed by atoms with Crippen molar-refractivity contribution in [1.29, 1.82) is 0 Å². The molecule has 0 heterocycles. The number of aliphatic hydroxyl groups excluding tert-OH is 1. The van der Waals surface area contributed by atoms with Crippen molar-refractivity contribution in [3.8, 4) is 0 Å². The maximum Gasteiger partial charge on any atom is 0.0824 e. The van der Waals surface area contributed by atoms with E-state index in [4.69, 9.17) is 0 Å². The Bertz CT molecular complexity index is 674. The maximum absolute atomic E-state index is 10.6. The molecule has 0 bridgehead atoms. The van der Waals surface area contributed by atoms with Crippen LogP contribution in [0, 0.1) is 5.92 Å². The molecule has 1 atom stereocenters. The van der Waals surface area contributed by atoms with E-state index >= 15 is 0 Å². The molecule has 3 aromatic rings. The van der Waals surface area contributed by atoms with Crippen molar-refractivity contribution in [3.63, 3.8) is 0 Å². The molecule has 3 aromatic carbocycles. The van der Waals surface area contributed by atoms with Crippen LogP contribution in [0.25, 0.3) is 21.5 Å². The zero-order chi connectivity index (χ0) is 13.4. The molecule has 1 heteroatoms. The van der Waals surface area contributed by atoms with Crippen LogP contribution < -0.4 is 0 Å². The van der Waals surface area contributed by atoms with Crippen molar-refractivity contribution >= 4 is 21.5 Å². The molecule has 3 rings (SSSR count). The molecular formula is C18H18O. The first-order chi connectivity index (χ1) is 9.18. The minimum absolute atomic E-state index is 0.203. The Kier molecular flexibility index (Phi) is 3.00. The number of rotatable bonds is 2. The molecule has 0 spiro atoms. The van der Waals surface area contributed by atoms with Gasteiger partial charge in [0.05, 0.1) is 6.10 Å². The van der Waals surface area contributed by atoms with Gasteiger partial charge in [-0.2, -0.15) is 0 Å². The third kappa shape index (κ3) is 2.00. The molecule has 19 heavy (non-hydrogen) atoms. The first-order valence-electron chi connectivity index (χ1n) is 6.77. The summed E-state index contributed by atoms with van der Waals surface area (Å²) in [5.41, 5.74) is 1.06. The van der Waals surface area contributed by atoms with Gasteiger partial charge in [-0.05, 0) is 39.1 Å². The van der Waals surface area contributed by atoms with Crippen LogP contribution in [0.3, 0.4) is 0 Å². The molecular weight excluding hydrogens is 232 g/mol. The fraction of sp³-hybridized carbons (Fsp3) is 0.222. The van der Waals surface area contributed by atoms with Gasteiger partial charge in [0.15, 0.2) is 0 Å². The summed E-state index contributed by atoms with van der Waals surface area (Å²) in [6.07, 6.45) is -0.434. The van der Waals surface area contributed by atoms with Gasteiger partial charge in [-0.1, -0.05) is 62.4 Å². The fourth-order valence-electron chi connectivity index (χ4n) is 2.70. The molecule has 0 saturated carbocycles. The first kappa shape index (κ1) is 12.2. The first-order valence-corrected chi connectivity index (χ1v) is 6.77. The highest BCUT2D eigenvalue weighted by Gasteiger charge is 2.18. The lowest BCUT2D eigenvalue weighted by Crippen LogP contribution is -2.06. The second-order valence-electron chi connectivity index (χ2n) is 5.42. The van der Waals surface area contributed by atoms with E-state index in [1.165, 1.54) is 10.8 Å². The summed E-state index contributed by atoms with van der Waals surface area (Å²) < 4.78 is 0. The predicted molar refractivity (Wildman–Crippen MR) is 81.3 cm³/mol. The minimum atomic E-state index is -0.434. The van der Waals surface area contributed by atoms with Crippen LogP contribution in [0.2, 0.25) is 0 Å². The van der Waals surface area contributed by atoms with E-state index in [2.05, 4.69) is 44.2 Å². The summed E-state index contributed by atoms with van der Waals surface area (Å²) in [6.45, 7) is 4.11. The molecule has 0 aliphatic carbocycles. The van der Waals surface area contributed by atoms with Crippen LogP contribution in [-0.4, -0.2) is 5.11 Å². The molecule has 1 unspecified atom stereocenters. The number of fused-ring (bicyclic) bond motifs is 2. The quantitative estimate of drug-likeness (QED) is 0.655. The molecule has 0 amide bonds. The number of hydrogen-bond donors (Lipinski definition) is 1. The largest absolute Gasteiger partial charge is 0.388 e. The van der Waals surface area contributed by atoms with Crippen molar-refractivity contribution < 1.29 is 5.11 Å². The standard InChI is InChI=1S/C18H18O/c1-12(2)18(19)17-15-9-5-3-7-13(15)11-14-8-4-6-10-16(14)17/h3-12,18-19H,1-2H3. The van der Waals surface area contributed by atoms with E-state index < -0.39 is 6.10 Å². The van der Waals surface area contributed by atoms with Gasteiger partial charge < -0.3 is 5.11 Å². The van der Waals surface area contributed by atoms with Crippen LogP contribution in [0.15, 0.2) is 54.6 Å². The van der Waals surface area contributed by atoms with Crippen LogP contribution in [0.4, 0.5) is 0 Å². The van der Waals surface area contributed by atoms with Crippen molar-refractivity contribution in [2.75, 3.05) is 0 Å². The molecule has 0 aliphatic heterocycles. The summed E-state index contributed by atoms with van der Waals surface area (Å²) >= 11 is 0. The van der Waals surface area contributed by atoms with Gasteiger partial charge in [-0.3, -0.25) is 0 Å². The smallest absolute Gasteiger partial charge is 0.0824 e. The van der Waals surface area contributed by atoms with Gasteiger partial charge in [0, 0.05) is 0 Å². The van der Waals surface area contributed by atoms with Crippen molar-refractivity contribution in [3.05, 3.63) is 60.2 Å². The molecule has 96 valence electrons. The minimum Gasteiger partial charge on any atom is -0.388 e. The Hall–Kier alpha value is -1.86. The highest BCUT2D eigenvalue weighted by atomic mass is 16.3. The van der Waals surface area contributed by atoms with E-state index in [1.54, 1.807) is 0 Å². The van der Waals surface area contributed by atoms with E-state index in [9.17, 15) is 5.11 Å². The Labute approximate surface area is 113 Å². The summed E-state index contributed by atoms with van der Waals surface area (Å²) in [5.74, 6) is 0.203. The Morgan fingerprint density at radius 1 is 0.789 bits per heavy atom. The number of aliphatic hydroxyl groups is 1. The zero-order valence-electron chi connectivity index (χ0n) is 11.3. The van der Waals surface area contributed by atoms with Gasteiger partial charge in [0.1, 0.15) is 0 Å². The molecule has 1 nitrogen and oxygen atoms in total. The van der Waals surface area contributed by atoms with Crippen LogP contribution in [0.5, 0.6) is 0 Å². The third-order valence-electron chi connectivity index (χ3n) is 3.74. The Balaban J connectivity index is 2.46. The third-order valence-corrected chi connectivity index (χ3v) is 3.74. The van der Waals surface area contributed by atoms with E-state index in [0.717, 1.165) is 16.3 Å². The SMILES string of the molecule is CC(C)C(O)c1c2ccccc2cc2ccccc12. The van der Waals surface area contributed by atoms with Crippen molar-refractivity contribution in [2.24, 2.45) is 5.92 Å². The lowest BCUT2D eigenvalue weighted by atomic mass is 9.89. The van der Waals surface area contributed by atoms with Gasteiger partial charge in [0.25, 0.3) is 0 Å². The zero-order valence-corrected chi connectivity index (χ0v) is 11.3. The normalized spacial score (nSPS) is 13.3. The number of benzene rings is 3. The highest BCUT2D eigenvalue weighted by molar-refractivity contribution is 6.02. The summed E-state index contributed by atoms with van der Waals surface area (Å²) in [7, 11) is 0.